The maximum atomic E-state index is 5.64. The van der Waals surface area contributed by atoms with Crippen molar-refractivity contribution in [2.45, 2.75) is 0 Å². The normalized spacial score (nSPS) is 8.00. The molecule has 3 heteroatoms. The number of halogens is 3. The highest BCUT2D eigenvalue weighted by atomic mass is 127. The van der Waals surface area contributed by atoms with E-state index in [1.807, 2.05) is 30.1 Å². The Hall–Kier alpha value is 0.720. The average molecular weight is 333 g/mol. The Labute approximate surface area is 88.2 Å². The van der Waals surface area contributed by atoms with Gasteiger partial charge in [0.1, 0.15) is 0 Å². The minimum Gasteiger partial charge on any atom is -0.0966 e. The molecule has 56 valence electrons. The fourth-order valence-electron chi connectivity index (χ4n) is 0.460. The fourth-order valence-corrected chi connectivity index (χ4v) is 1.38. The van der Waals surface area contributed by atoms with E-state index in [1.165, 1.54) is 3.57 Å². The van der Waals surface area contributed by atoms with Gasteiger partial charge in [-0.15, -0.1) is 0 Å². The molecule has 0 aliphatic rings. The summed E-state index contributed by atoms with van der Waals surface area (Å²) in [5.41, 5.74) is 0. The van der Waals surface area contributed by atoms with E-state index >= 15 is 0 Å². The summed E-state index contributed by atoms with van der Waals surface area (Å²) < 4.78 is 1.18. The standard InChI is InChI=1S/C6H4ClI.CH3Br/c7-5-2-1-3-6(8)4-5;1-2/h1-4H;1H3. The first-order chi connectivity index (χ1) is 4.79. The van der Waals surface area contributed by atoms with Crippen molar-refractivity contribution in [3.8, 4) is 0 Å². The zero-order chi connectivity index (χ0) is 7.98. The molecule has 0 nitrogen and oxygen atoms in total. The smallest absolute Gasteiger partial charge is 0.0416 e. The predicted molar refractivity (Wildman–Crippen MR) is 59.0 cm³/mol. The van der Waals surface area contributed by atoms with Crippen molar-refractivity contribution in [1.29, 1.82) is 0 Å². The lowest BCUT2D eigenvalue weighted by molar-refractivity contribution is 1.65. The first-order valence-electron chi connectivity index (χ1n) is 2.58. The number of rotatable bonds is 0. The number of benzene rings is 1. The summed E-state index contributed by atoms with van der Waals surface area (Å²) in [5, 5.41) is 0.803. The number of alkyl halides is 1. The van der Waals surface area contributed by atoms with Gasteiger partial charge >= 0.3 is 0 Å². The molecule has 0 saturated heterocycles. The van der Waals surface area contributed by atoms with E-state index in [0.717, 1.165) is 5.02 Å². The third kappa shape index (κ3) is 4.52. The molecule has 0 aliphatic carbocycles. The Kier molecular flexibility index (Phi) is 6.89. The molecule has 0 atom stereocenters. The Morgan fingerprint density at radius 3 is 2.30 bits per heavy atom. The van der Waals surface area contributed by atoms with Crippen molar-refractivity contribution in [2.75, 3.05) is 5.83 Å². The van der Waals surface area contributed by atoms with Gasteiger partial charge in [-0.3, -0.25) is 0 Å². The molecular formula is C7H7BrClI. The van der Waals surface area contributed by atoms with Crippen LogP contribution < -0.4 is 0 Å². The Balaban J connectivity index is 0.000000371. The largest absolute Gasteiger partial charge is 0.0966 e. The van der Waals surface area contributed by atoms with Crippen LogP contribution in [-0.4, -0.2) is 5.83 Å². The third-order valence-electron chi connectivity index (χ3n) is 0.787. The second-order valence-electron chi connectivity index (χ2n) is 1.44. The molecule has 0 saturated carbocycles. The van der Waals surface area contributed by atoms with Gasteiger partial charge in [-0.25, -0.2) is 0 Å². The van der Waals surface area contributed by atoms with Crippen LogP contribution >= 0.6 is 50.1 Å². The summed E-state index contributed by atoms with van der Waals surface area (Å²) in [6.45, 7) is 0. The second-order valence-corrected chi connectivity index (χ2v) is 3.12. The van der Waals surface area contributed by atoms with Gasteiger partial charge in [-0.05, 0) is 46.6 Å². The van der Waals surface area contributed by atoms with E-state index < -0.39 is 0 Å². The van der Waals surface area contributed by atoms with Gasteiger partial charge in [0.05, 0.1) is 0 Å². The molecule has 0 amide bonds. The minimum absolute atomic E-state index is 0.803. The highest BCUT2D eigenvalue weighted by Gasteiger charge is 1.84. The van der Waals surface area contributed by atoms with E-state index in [4.69, 9.17) is 11.6 Å². The fraction of sp³-hybridized carbons (Fsp3) is 0.143. The van der Waals surface area contributed by atoms with Crippen molar-refractivity contribution < 1.29 is 0 Å². The van der Waals surface area contributed by atoms with Crippen LogP contribution in [0.15, 0.2) is 24.3 Å². The Bertz CT molecular complexity index is 173. The minimum atomic E-state index is 0.803. The molecule has 0 spiro atoms. The zero-order valence-electron chi connectivity index (χ0n) is 5.44. The summed E-state index contributed by atoms with van der Waals surface area (Å²) in [6, 6.07) is 7.72. The van der Waals surface area contributed by atoms with Crippen molar-refractivity contribution in [1.82, 2.24) is 0 Å². The lowest BCUT2D eigenvalue weighted by Crippen LogP contribution is -1.65. The maximum Gasteiger partial charge on any atom is 0.0416 e. The average Bonchev–Trinajstić information content (AvgIpc) is 1.91. The SMILES string of the molecule is CBr.Clc1cccc(I)c1. The zero-order valence-corrected chi connectivity index (χ0v) is 9.94. The Morgan fingerprint density at radius 2 is 2.00 bits per heavy atom. The molecule has 1 aromatic rings. The lowest BCUT2D eigenvalue weighted by Gasteiger charge is -1.87. The van der Waals surface area contributed by atoms with Crippen LogP contribution in [0.3, 0.4) is 0 Å². The van der Waals surface area contributed by atoms with Crippen molar-refractivity contribution in [3.05, 3.63) is 32.9 Å². The Morgan fingerprint density at radius 1 is 1.40 bits per heavy atom. The highest BCUT2D eigenvalue weighted by molar-refractivity contribution is 14.1. The van der Waals surface area contributed by atoms with Crippen LogP contribution in [0.5, 0.6) is 0 Å². The van der Waals surface area contributed by atoms with Gasteiger partial charge < -0.3 is 0 Å². The quantitative estimate of drug-likeness (QED) is 0.498. The van der Waals surface area contributed by atoms with Gasteiger partial charge in [0, 0.05) is 8.59 Å². The van der Waals surface area contributed by atoms with Crippen molar-refractivity contribution >= 4 is 50.1 Å². The van der Waals surface area contributed by atoms with E-state index in [9.17, 15) is 0 Å². The summed E-state index contributed by atoms with van der Waals surface area (Å²) in [6.07, 6.45) is 0. The van der Waals surface area contributed by atoms with Crippen LogP contribution in [0.25, 0.3) is 0 Å². The third-order valence-corrected chi connectivity index (χ3v) is 1.69. The molecule has 0 radical (unpaired) electrons. The number of hydrogen-bond donors (Lipinski definition) is 0. The van der Waals surface area contributed by atoms with E-state index in [2.05, 4.69) is 38.5 Å². The topological polar surface area (TPSA) is 0 Å². The molecule has 0 N–H and O–H groups in total. The summed E-state index contributed by atoms with van der Waals surface area (Å²) in [4.78, 5) is 0. The molecule has 0 bridgehead atoms. The van der Waals surface area contributed by atoms with E-state index in [0.29, 0.717) is 0 Å². The van der Waals surface area contributed by atoms with Gasteiger partial charge in [-0.2, -0.15) is 0 Å². The number of hydrogen-bond acceptors (Lipinski definition) is 0. The van der Waals surface area contributed by atoms with Gasteiger partial charge in [0.25, 0.3) is 0 Å². The van der Waals surface area contributed by atoms with Crippen LogP contribution in [0, 0.1) is 3.57 Å². The van der Waals surface area contributed by atoms with Crippen molar-refractivity contribution in [2.24, 2.45) is 0 Å². The maximum absolute atomic E-state index is 5.64. The van der Waals surface area contributed by atoms with Crippen LogP contribution in [-0.2, 0) is 0 Å². The molecular weight excluding hydrogens is 326 g/mol. The molecule has 0 unspecified atom stereocenters. The van der Waals surface area contributed by atoms with Gasteiger partial charge in [-0.1, -0.05) is 33.6 Å². The molecule has 0 heterocycles. The lowest BCUT2D eigenvalue weighted by atomic mass is 10.4. The molecule has 1 rings (SSSR count). The predicted octanol–water partition coefficient (Wildman–Crippen LogP) is 3.96. The molecule has 10 heavy (non-hydrogen) atoms. The molecule has 0 aliphatic heterocycles. The van der Waals surface area contributed by atoms with Crippen LogP contribution in [0.2, 0.25) is 5.02 Å². The first-order valence-corrected chi connectivity index (χ1v) is 5.62. The first kappa shape index (κ1) is 10.7. The molecule has 0 fully saturated rings. The summed E-state index contributed by atoms with van der Waals surface area (Å²) in [5.74, 6) is 1.81. The highest BCUT2D eigenvalue weighted by Crippen LogP contribution is 2.11. The van der Waals surface area contributed by atoms with E-state index in [1.54, 1.807) is 0 Å². The molecule has 1 aromatic carbocycles. The van der Waals surface area contributed by atoms with Gasteiger partial charge in [0.2, 0.25) is 0 Å². The van der Waals surface area contributed by atoms with Crippen LogP contribution in [0.1, 0.15) is 0 Å². The summed E-state index contributed by atoms with van der Waals surface area (Å²) >= 11 is 10.8. The second kappa shape index (κ2) is 6.43. The molecule has 0 aromatic heterocycles. The van der Waals surface area contributed by atoms with Gasteiger partial charge in [0.15, 0.2) is 0 Å². The van der Waals surface area contributed by atoms with Crippen molar-refractivity contribution in [3.63, 3.8) is 0 Å². The van der Waals surface area contributed by atoms with Crippen LogP contribution in [0.4, 0.5) is 0 Å². The van der Waals surface area contributed by atoms with E-state index in [-0.39, 0.29) is 0 Å². The monoisotopic (exact) mass is 332 g/mol. The summed E-state index contributed by atoms with van der Waals surface area (Å²) in [7, 11) is 0.